The zero-order valence-electron chi connectivity index (χ0n) is 7.70. The normalized spacial score (nSPS) is 13.3. The summed E-state index contributed by atoms with van der Waals surface area (Å²) < 4.78 is 0. The Kier molecular flexibility index (Phi) is 2.35. The SMILES string of the molecule is N=C(C1=CC=[C+]C=C1)c1ccccc1. The van der Waals surface area contributed by atoms with Crippen LogP contribution in [0.1, 0.15) is 5.56 Å². The lowest BCUT2D eigenvalue weighted by atomic mass is 10.0. The molecule has 0 radical (unpaired) electrons. The first-order valence-corrected chi connectivity index (χ1v) is 4.48. The fraction of sp³-hybridized carbons (Fsp3) is 0. The van der Waals surface area contributed by atoms with E-state index in [1.165, 1.54) is 0 Å². The molecule has 1 aromatic carbocycles. The highest BCUT2D eigenvalue weighted by Crippen LogP contribution is 2.11. The maximum absolute atomic E-state index is 7.96. The Morgan fingerprint density at radius 2 is 1.93 bits per heavy atom. The Labute approximate surface area is 83.6 Å². The third-order valence-electron chi connectivity index (χ3n) is 2.07. The van der Waals surface area contributed by atoms with Crippen LogP contribution in [-0.2, 0) is 0 Å². The van der Waals surface area contributed by atoms with Crippen LogP contribution in [0.5, 0.6) is 0 Å². The highest BCUT2D eigenvalue weighted by molar-refractivity contribution is 6.12. The maximum Gasteiger partial charge on any atom is 0.111 e. The van der Waals surface area contributed by atoms with Gasteiger partial charge in [-0.1, -0.05) is 30.3 Å². The predicted molar refractivity (Wildman–Crippen MR) is 58.3 cm³/mol. The molecule has 1 aromatic rings. The Morgan fingerprint density at radius 1 is 1.14 bits per heavy atom. The van der Waals surface area contributed by atoms with Crippen LogP contribution in [0.3, 0.4) is 0 Å². The van der Waals surface area contributed by atoms with E-state index in [4.69, 9.17) is 5.41 Å². The molecule has 0 aliphatic heterocycles. The van der Waals surface area contributed by atoms with Gasteiger partial charge < -0.3 is 0 Å². The van der Waals surface area contributed by atoms with Gasteiger partial charge in [0.1, 0.15) is 17.7 Å². The van der Waals surface area contributed by atoms with Crippen LogP contribution in [0.15, 0.2) is 60.2 Å². The molecule has 1 heteroatoms. The molecule has 2 rings (SSSR count). The number of hydrogen-bond donors (Lipinski definition) is 1. The van der Waals surface area contributed by atoms with Gasteiger partial charge in [-0.05, 0) is 0 Å². The number of hydrogen-bond acceptors (Lipinski definition) is 1. The van der Waals surface area contributed by atoms with Crippen LogP contribution in [-0.4, -0.2) is 5.71 Å². The highest BCUT2D eigenvalue weighted by Gasteiger charge is 2.10. The van der Waals surface area contributed by atoms with Gasteiger partial charge in [0.15, 0.2) is 0 Å². The van der Waals surface area contributed by atoms with Gasteiger partial charge in [-0.15, -0.1) is 0 Å². The summed E-state index contributed by atoms with van der Waals surface area (Å²) in [6.07, 6.45) is 10.4. The molecule has 0 saturated carbocycles. The van der Waals surface area contributed by atoms with Crippen molar-refractivity contribution in [1.29, 1.82) is 5.41 Å². The van der Waals surface area contributed by atoms with Crippen molar-refractivity contribution < 1.29 is 0 Å². The quantitative estimate of drug-likeness (QED) is 0.534. The van der Waals surface area contributed by atoms with E-state index >= 15 is 0 Å². The largest absolute Gasteiger partial charge is 0.297 e. The second-order valence-electron chi connectivity index (χ2n) is 3.03. The van der Waals surface area contributed by atoms with Crippen LogP contribution in [0, 0.1) is 11.5 Å². The fourth-order valence-electron chi connectivity index (χ4n) is 1.33. The van der Waals surface area contributed by atoms with E-state index in [9.17, 15) is 0 Å². The summed E-state index contributed by atoms with van der Waals surface area (Å²) in [5.41, 5.74) is 2.42. The average Bonchev–Trinajstić information content (AvgIpc) is 2.30. The molecule has 1 nitrogen and oxygen atoms in total. The van der Waals surface area contributed by atoms with Crippen LogP contribution in [0.4, 0.5) is 0 Å². The van der Waals surface area contributed by atoms with Crippen molar-refractivity contribution in [3.63, 3.8) is 0 Å². The summed E-state index contributed by atoms with van der Waals surface area (Å²) in [6.45, 7) is 0. The second kappa shape index (κ2) is 3.82. The second-order valence-corrected chi connectivity index (χ2v) is 3.03. The van der Waals surface area contributed by atoms with Crippen molar-refractivity contribution in [3.05, 3.63) is 71.8 Å². The first-order chi connectivity index (χ1) is 6.88. The molecule has 0 fully saturated rings. The summed E-state index contributed by atoms with van der Waals surface area (Å²) in [5, 5.41) is 7.96. The third kappa shape index (κ3) is 1.68. The Balaban J connectivity index is 2.30. The molecule has 0 saturated heterocycles. The molecule has 66 valence electrons. The predicted octanol–water partition coefficient (Wildman–Crippen LogP) is 2.91. The molecule has 14 heavy (non-hydrogen) atoms. The summed E-state index contributed by atoms with van der Waals surface area (Å²) >= 11 is 0. The standard InChI is InChI=1S/C13H10N/c14-13(11-7-3-1-4-8-11)12-9-5-2-6-10-12/h1,3-10,14H/q+1. The van der Waals surface area contributed by atoms with Gasteiger partial charge >= 0.3 is 0 Å². The minimum absolute atomic E-state index is 0.555. The summed E-state index contributed by atoms with van der Waals surface area (Å²) in [6, 6.07) is 9.73. The maximum atomic E-state index is 7.96. The van der Waals surface area contributed by atoms with Gasteiger partial charge in [0, 0.05) is 11.6 Å². The monoisotopic (exact) mass is 180 g/mol. The minimum atomic E-state index is 0.555. The van der Waals surface area contributed by atoms with Crippen molar-refractivity contribution in [1.82, 2.24) is 0 Å². The van der Waals surface area contributed by atoms with E-state index in [0.29, 0.717) is 5.71 Å². The molecule has 0 atom stereocenters. The Hall–Kier alpha value is -1.98. The molecule has 0 unspecified atom stereocenters. The van der Waals surface area contributed by atoms with Crippen LogP contribution < -0.4 is 0 Å². The molecule has 0 spiro atoms. The number of benzene rings is 1. The van der Waals surface area contributed by atoms with Crippen molar-refractivity contribution in [2.24, 2.45) is 0 Å². The minimum Gasteiger partial charge on any atom is -0.297 e. The van der Waals surface area contributed by atoms with Crippen molar-refractivity contribution in [2.75, 3.05) is 0 Å². The summed E-state index contributed by atoms with van der Waals surface area (Å²) in [4.78, 5) is 0. The zero-order valence-corrected chi connectivity index (χ0v) is 7.70. The number of allylic oxidation sites excluding steroid dienone is 6. The summed E-state index contributed by atoms with van der Waals surface area (Å²) in [5.74, 6) is 0. The van der Waals surface area contributed by atoms with E-state index in [2.05, 4.69) is 6.08 Å². The molecule has 1 aliphatic rings. The zero-order chi connectivity index (χ0) is 9.80. The Morgan fingerprint density at radius 3 is 2.57 bits per heavy atom. The average molecular weight is 180 g/mol. The van der Waals surface area contributed by atoms with Crippen LogP contribution in [0.25, 0.3) is 0 Å². The third-order valence-corrected chi connectivity index (χ3v) is 2.07. The van der Waals surface area contributed by atoms with E-state index in [1.54, 1.807) is 0 Å². The topological polar surface area (TPSA) is 23.9 Å². The molecular weight excluding hydrogens is 170 g/mol. The molecular formula is C13H10N+. The summed E-state index contributed by atoms with van der Waals surface area (Å²) in [7, 11) is 0. The van der Waals surface area contributed by atoms with E-state index in [-0.39, 0.29) is 0 Å². The van der Waals surface area contributed by atoms with Gasteiger partial charge in [-0.25, -0.2) is 0 Å². The molecule has 0 bridgehead atoms. The van der Waals surface area contributed by atoms with E-state index in [0.717, 1.165) is 11.1 Å². The lowest BCUT2D eigenvalue weighted by Crippen LogP contribution is -2.01. The van der Waals surface area contributed by atoms with Crippen molar-refractivity contribution in [2.45, 2.75) is 0 Å². The molecule has 0 amide bonds. The molecule has 1 N–H and O–H groups in total. The highest BCUT2D eigenvalue weighted by atomic mass is 14.4. The first-order valence-electron chi connectivity index (χ1n) is 4.48. The van der Waals surface area contributed by atoms with Gasteiger partial charge in [0.05, 0.1) is 17.9 Å². The Bertz CT molecular complexity index is 422. The van der Waals surface area contributed by atoms with Gasteiger partial charge in [0.2, 0.25) is 0 Å². The smallest absolute Gasteiger partial charge is 0.111 e. The van der Waals surface area contributed by atoms with Crippen molar-refractivity contribution >= 4 is 5.71 Å². The molecule has 0 heterocycles. The fourth-order valence-corrected chi connectivity index (χ4v) is 1.33. The lowest BCUT2D eigenvalue weighted by Gasteiger charge is -2.00. The number of rotatable bonds is 2. The van der Waals surface area contributed by atoms with Crippen LogP contribution in [0.2, 0.25) is 0 Å². The van der Waals surface area contributed by atoms with Crippen LogP contribution >= 0.6 is 0 Å². The van der Waals surface area contributed by atoms with Crippen molar-refractivity contribution in [3.8, 4) is 0 Å². The number of nitrogens with one attached hydrogen (secondary N) is 1. The molecule has 1 aliphatic carbocycles. The van der Waals surface area contributed by atoms with Gasteiger partial charge in [-0.3, -0.25) is 5.41 Å². The lowest BCUT2D eigenvalue weighted by molar-refractivity contribution is 1.46. The van der Waals surface area contributed by atoms with Gasteiger partial charge in [-0.2, -0.15) is 0 Å². The van der Waals surface area contributed by atoms with Gasteiger partial charge in [0.25, 0.3) is 0 Å². The first kappa shape index (κ1) is 8.61. The van der Waals surface area contributed by atoms with E-state index < -0.39 is 0 Å². The molecule has 0 aromatic heterocycles. The van der Waals surface area contributed by atoms with E-state index in [1.807, 2.05) is 54.6 Å².